The molecule has 1 aromatic carbocycles. The second-order valence-corrected chi connectivity index (χ2v) is 4.39. The molecule has 0 unspecified atom stereocenters. The van der Waals surface area contributed by atoms with E-state index in [1.165, 1.54) is 0 Å². The van der Waals surface area contributed by atoms with Crippen molar-refractivity contribution in [1.82, 2.24) is 0 Å². The van der Waals surface area contributed by atoms with E-state index in [4.69, 9.17) is 9.47 Å². The van der Waals surface area contributed by atoms with Gasteiger partial charge in [0.05, 0.1) is 13.7 Å². The first-order valence-corrected chi connectivity index (χ1v) is 6.22. The Morgan fingerprint density at radius 3 is 2.67 bits per heavy atom. The standard InChI is InChI=1S/C15H18O3/c1-17-14-8-6-12(7-9-14)10-18-11-15(16)13-4-2-3-5-13/h4,6-9H,2-3,5,10-11H2,1H3. The normalized spacial score (nSPS) is 14.4. The van der Waals surface area contributed by atoms with Crippen molar-refractivity contribution >= 4 is 5.78 Å². The van der Waals surface area contributed by atoms with Gasteiger partial charge in [0.25, 0.3) is 0 Å². The summed E-state index contributed by atoms with van der Waals surface area (Å²) in [5, 5.41) is 0. The van der Waals surface area contributed by atoms with Crippen molar-refractivity contribution in [2.24, 2.45) is 0 Å². The summed E-state index contributed by atoms with van der Waals surface area (Å²) in [4.78, 5) is 11.7. The molecule has 0 aliphatic heterocycles. The van der Waals surface area contributed by atoms with Gasteiger partial charge in [0, 0.05) is 0 Å². The van der Waals surface area contributed by atoms with Crippen molar-refractivity contribution in [3.05, 3.63) is 41.5 Å². The van der Waals surface area contributed by atoms with Crippen molar-refractivity contribution in [3.8, 4) is 5.75 Å². The number of ketones is 1. The third-order valence-electron chi connectivity index (χ3n) is 3.06. The van der Waals surface area contributed by atoms with Crippen molar-refractivity contribution in [1.29, 1.82) is 0 Å². The van der Waals surface area contributed by atoms with E-state index in [9.17, 15) is 4.79 Å². The molecule has 0 heterocycles. The summed E-state index contributed by atoms with van der Waals surface area (Å²) in [6.07, 6.45) is 5.06. The highest BCUT2D eigenvalue weighted by atomic mass is 16.5. The molecule has 18 heavy (non-hydrogen) atoms. The smallest absolute Gasteiger partial charge is 0.184 e. The van der Waals surface area contributed by atoms with Crippen LogP contribution < -0.4 is 4.74 Å². The van der Waals surface area contributed by atoms with E-state index in [0.29, 0.717) is 6.61 Å². The molecule has 1 aliphatic carbocycles. The van der Waals surface area contributed by atoms with E-state index in [0.717, 1.165) is 36.1 Å². The molecular weight excluding hydrogens is 228 g/mol. The SMILES string of the molecule is COc1ccc(COCC(=O)C2=CCCC2)cc1. The van der Waals surface area contributed by atoms with Gasteiger partial charge in [-0.25, -0.2) is 0 Å². The minimum absolute atomic E-state index is 0.126. The lowest BCUT2D eigenvalue weighted by Gasteiger charge is -2.05. The molecule has 0 atom stereocenters. The predicted octanol–water partition coefficient (Wildman–Crippen LogP) is 2.89. The topological polar surface area (TPSA) is 35.5 Å². The lowest BCUT2D eigenvalue weighted by atomic mass is 10.1. The van der Waals surface area contributed by atoms with Crippen molar-refractivity contribution in [2.45, 2.75) is 25.9 Å². The molecule has 0 saturated heterocycles. The summed E-state index contributed by atoms with van der Waals surface area (Å²) in [6, 6.07) is 7.66. The summed E-state index contributed by atoms with van der Waals surface area (Å²) in [6.45, 7) is 0.640. The maximum Gasteiger partial charge on any atom is 0.184 e. The summed E-state index contributed by atoms with van der Waals surface area (Å²) in [5.41, 5.74) is 1.98. The molecule has 1 aliphatic rings. The van der Waals surface area contributed by atoms with Gasteiger partial charge in [0.2, 0.25) is 0 Å². The van der Waals surface area contributed by atoms with Crippen molar-refractivity contribution < 1.29 is 14.3 Å². The number of Topliss-reactive ketones (excluding diaryl/α,β-unsaturated/α-hetero) is 1. The molecule has 0 fully saturated rings. The summed E-state index contributed by atoms with van der Waals surface area (Å²) in [5.74, 6) is 0.951. The van der Waals surface area contributed by atoms with E-state index in [1.54, 1.807) is 7.11 Å². The molecule has 1 aromatic rings. The fraction of sp³-hybridized carbons (Fsp3) is 0.400. The number of hydrogen-bond acceptors (Lipinski definition) is 3. The highest BCUT2D eigenvalue weighted by Gasteiger charge is 2.12. The van der Waals surface area contributed by atoms with E-state index in [1.807, 2.05) is 30.3 Å². The minimum Gasteiger partial charge on any atom is -0.497 e. The van der Waals surface area contributed by atoms with Gasteiger partial charge in [0.1, 0.15) is 12.4 Å². The second kappa shape index (κ2) is 6.36. The Morgan fingerprint density at radius 2 is 2.06 bits per heavy atom. The highest BCUT2D eigenvalue weighted by Crippen LogP contribution is 2.18. The zero-order valence-electron chi connectivity index (χ0n) is 10.6. The fourth-order valence-electron chi connectivity index (χ4n) is 2.00. The molecule has 0 aromatic heterocycles. The number of hydrogen-bond donors (Lipinski definition) is 0. The van der Waals surface area contributed by atoms with Gasteiger partial charge in [-0.15, -0.1) is 0 Å². The van der Waals surface area contributed by atoms with E-state index in [2.05, 4.69) is 0 Å². The number of rotatable bonds is 6. The van der Waals surface area contributed by atoms with Crippen LogP contribution in [0.5, 0.6) is 5.75 Å². The van der Waals surface area contributed by atoms with Gasteiger partial charge in [-0.1, -0.05) is 18.2 Å². The average Bonchev–Trinajstić information content (AvgIpc) is 2.93. The van der Waals surface area contributed by atoms with Crippen LogP contribution in [0.15, 0.2) is 35.9 Å². The van der Waals surface area contributed by atoms with E-state index in [-0.39, 0.29) is 12.4 Å². The van der Waals surface area contributed by atoms with Crippen LogP contribution in [0.3, 0.4) is 0 Å². The third kappa shape index (κ3) is 3.44. The Bertz CT molecular complexity index is 432. The molecule has 0 amide bonds. The minimum atomic E-state index is 0.126. The number of methoxy groups -OCH3 is 1. The van der Waals surface area contributed by atoms with Crippen LogP contribution in [-0.2, 0) is 16.1 Å². The number of carbonyl (C=O) groups is 1. The van der Waals surface area contributed by atoms with Gasteiger partial charge >= 0.3 is 0 Å². The Morgan fingerprint density at radius 1 is 1.28 bits per heavy atom. The van der Waals surface area contributed by atoms with Gasteiger partial charge < -0.3 is 9.47 Å². The summed E-state index contributed by atoms with van der Waals surface area (Å²) >= 11 is 0. The summed E-state index contributed by atoms with van der Waals surface area (Å²) in [7, 11) is 1.64. The molecule has 0 N–H and O–H groups in total. The van der Waals surface area contributed by atoms with E-state index < -0.39 is 0 Å². The quantitative estimate of drug-likeness (QED) is 0.774. The van der Waals surface area contributed by atoms with Crippen LogP contribution in [0.1, 0.15) is 24.8 Å². The van der Waals surface area contributed by atoms with Crippen molar-refractivity contribution in [2.75, 3.05) is 13.7 Å². The molecule has 96 valence electrons. The lowest BCUT2D eigenvalue weighted by Crippen LogP contribution is -2.10. The number of allylic oxidation sites excluding steroid dienone is 1. The molecule has 0 saturated carbocycles. The Labute approximate surface area is 107 Å². The molecule has 3 heteroatoms. The lowest BCUT2D eigenvalue weighted by molar-refractivity contribution is -0.120. The molecule has 0 radical (unpaired) electrons. The zero-order valence-corrected chi connectivity index (χ0v) is 10.6. The van der Waals surface area contributed by atoms with Crippen LogP contribution in [0, 0.1) is 0 Å². The molecule has 2 rings (SSSR count). The molecule has 3 nitrogen and oxygen atoms in total. The second-order valence-electron chi connectivity index (χ2n) is 4.39. The van der Waals surface area contributed by atoms with Crippen LogP contribution >= 0.6 is 0 Å². The largest absolute Gasteiger partial charge is 0.497 e. The monoisotopic (exact) mass is 246 g/mol. The van der Waals surface area contributed by atoms with Crippen LogP contribution in [0.2, 0.25) is 0 Å². The number of carbonyl (C=O) groups excluding carboxylic acids is 1. The predicted molar refractivity (Wildman–Crippen MR) is 69.6 cm³/mol. The van der Waals surface area contributed by atoms with Crippen LogP contribution in [0.25, 0.3) is 0 Å². The zero-order chi connectivity index (χ0) is 12.8. The van der Waals surface area contributed by atoms with Gasteiger partial charge in [-0.2, -0.15) is 0 Å². The van der Waals surface area contributed by atoms with Crippen LogP contribution in [-0.4, -0.2) is 19.5 Å². The van der Waals surface area contributed by atoms with Gasteiger partial charge in [0.15, 0.2) is 5.78 Å². The molecular formula is C15H18O3. The first kappa shape index (κ1) is 12.8. The van der Waals surface area contributed by atoms with Gasteiger partial charge in [-0.05, 0) is 42.5 Å². The molecule has 0 bridgehead atoms. The van der Waals surface area contributed by atoms with Crippen LogP contribution in [0.4, 0.5) is 0 Å². The molecule has 0 spiro atoms. The average molecular weight is 246 g/mol. The summed E-state index contributed by atoms with van der Waals surface area (Å²) < 4.78 is 10.5. The maximum absolute atomic E-state index is 11.7. The fourth-order valence-corrected chi connectivity index (χ4v) is 2.00. The first-order chi connectivity index (χ1) is 8.79. The maximum atomic E-state index is 11.7. The van der Waals surface area contributed by atoms with E-state index >= 15 is 0 Å². The Hall–Kier alpha value is -1.61. The Kier molecular flexibility index (Phi) is 4.53. The first-order valence-electron chi connectivity index (χ1n) is 6.22. The highest BCUT2D eigenvalue weighted by molar-refractivity contribution is 5.96. The number of ether oxygens (including phenoxy) is 2. The van der Waals surface area contributed by atoms with Crippen molar-refractivity contribution in [3.63, 3.8) is 0 Å². The van der Waals surface area contributed by atoms with Gasteiger partial charge in [-0.3, -0.25) is 4.79 Å². The third-order valence-corrected chi connectivity index (χ3v) is 3.06. The number of benzene rings is 1. The Balaban J connectivity index is 1.75.